The van der Waals surface area contributed by atoms with Crippen LogP contribution in [0.5, 0.6) is 0 Å². The highest BCUT2D eigenvalue weighted by atomic mass is 32.2. The van der Waals surface area contributed by atoms with Crippen molar-refractivity contribution < 1.29 is 12.8 Å². The van der Waals surface area contributed by atoms with Crippen LogP contribution in [0, 0.1) is 12.7 Å². The molecular formula is C21H23FN4O2S2. The number of aryl methyl sites for hydroxylation is 1. The number of fused-ring (bicyclic) bond motifs is 1. The fourth-order valence-corrected chi connectivity index (χ4v) is 6.15. The third-order valence-corrected chi connectivity index (χ3v) is 9.23. The monoisotopic (exact) mass is 446 g/mol. The number of aromatic nitrogens is 1. The van der Waals surface area contributed by atoms with Crippen molar-refractivity contribution in [2.75, 3.05) is 11.1 Å². The zero-order valence-electron chi connectivity index (χ0n) is 17.2. The van der Waals surface area contributed by atoms with Gasteiger partial charge >= 0.3 is 0 Å². The van der Waals surface area contributed by atoms with Crippen molar-refractivity contribution in [1.29, 1.82) is 0 Å². The SMILES string of the molecule is Cc1nc2c(Nc3ccc(F)c(C4(C)CS(=O)(=O)C(C)(C)C(N)=N4)c3)cccc2s1. The molecule has 1 unspecified atom stereocenters. The topological polar surface area (TPSA) is 97.4 Å². The summed E-state index contributed by atoms with van der Waals surface area (Å²) < 4.78 is 40.3. The predicted molar refractivity (Wildman–Crippen MR) is 121 cm³/mol. The van der Waals surface area contributed by atoms with Crippen LogP contribution in [0.4, 0.5) is 15.8 Å². The summed E-state index contributed by atoms with van der Waals surface area (Å²) in [5, 5.41) is 4.23. The van der Waals surface area contributed by atoms with Crippen LogP contribution in [0.25, 0.3) is 10.2 Å². The van der Waals surface area contributed by atoms with E-state index in [9.17, 15) is 12.8 Å². The number of aliphatic imine (C=N–C) groups is 1. The first kappa shape index (κ1) is 20.7. The molecular weight excluding hydrogens is 423 g/mol. The maximum atomic E-state index is 14.8. The van der Waals surface area contributed by atoms with E-state index in [2.05, 4.69) is 15.3 Å². The normalized spacial score (nSPS) is 22.6. The van der Waals surface area contributed by atoms with Crippen molar-refractivity contribution in [3.63, 3.8) is 0 Å². The van der Waals surface area contributed by atoms with E-state index in [0.717, 1.165) is 20.9 Å². The van der Waals surface area contributed by atoms with Gasteiger partial charge < -0.3 is 11.1 Å². The minimum absolute atomic E-state index is 0.0169. The molecule has 1 aliphatic rings. The number of rotatable bonds is 3. The Bertz CT molecular complexity index is 1300. The first-order valence-corrected chi connectivity index (χ1v) is 11.9. The van der Waals surface area contributed by atoms with Crippen molar-refractivity contribution in [3.05, 3.63) is 52.8 Å². The average Bonchev–Trinajstić information content (AvgIpc) is 3.02. The molecule has 0 bridgehead atoms. The van der Waals surface area contributed by atoms with Crippen LogP contribution >= 0.6 is 11.3 Å². The molecule has 0 aliphatic carbocycles. The lowest BCUT2D eigenvalue weighted by Crippen LogP contribution is -2.54. The second kappa shape index (κ2) is 6.75. The van der Waals surface area contributed by atoms with Gasteiger partial charge in [-0.05, 0) is 58.0 Å². The van der Waals surface area contributed by atoms with Crippen LogP contribution in [0.2, 0.25) is 0 Å². The number of sulfone groups is 1. The van der Waals surface area contributed by atoms with Crippen LogP contribution in [0.3, 0.4) is 0 Å². The Morgan fingerprint density at radius 2 is 1.93 bits per heavy atom. The molecule has 9 heteroatoms. The molecule has 0 amide bonds. The summed E-state index contributed by atoms with van der Waals surface area (Å²) >= 11 is 1.59. The molecule has 6 nitrogen and oxygen atoms in total. The van der Waals surface area contributed by atoms with E-state index < -0.39 is 25.9 Å². The predicted octanol–water partition coefficient (Wildman–Crippen LogP) is 4.27. The Kier molecular flexibility index (Phi) is 4.66. The molecule has 0 radical (unpaired) electrons. The molecule has 0 spiro atoms. The van der Waals surface area contributed by atoms with E-state index in [-0.39, 0.29) is 17.2 Å². The number of hydrogen-bond acceptors (Lipinski definition) is 7. The van der Waals surface area contributed by atoms with Crippen molar-refractivity contribution >= 4 is 48.6 Å². The molecule has 3 N–H and O–H groups in total. The van der Waals surface area contributed by atoms with E-state index in [0.29, 0.717) is 5.69 Å². The fraction of sp³-hybridized carbons (Fsp3) is 0.333. The summed E-state index contributed by atoms with van der Waals surface area (Å²) in [7, 11) is -3.63. The number of halogens is 1. The van der Waals surface area contributed by atoms with E-state index in [1.807, 2.05) is 25.1 Å². The third-order valence-electron chi connectivity index (χ3n) is 5.58. The lowest BCUT2D eigenvalue weighted by molar-refractivity contribution is 0.476. The number of nitrogens with zero attached hydrogens (tertiary/aromatic N) is 2. The number of para-hydroxylation sites is 1. The Labute approximate surface area is 179 Å². The molecule has 30 heavy (non-hydrogen) atoms. The molecule has 0 saturated carbocycles. The second-order valence-electron chi connectivity index (χ2n) is 8.25. The zero-order valence-corrected chi connectivity index (χ0v) is 18.8. The van der Waals surface area contributed by atoms with Crippen molar-refractivity contribution in [1.82, 2.24) is 4.98 Å². The van der Waals surface area contributed by atoms with Crippen LogP contribution in [0.1, 0.15) is 31.3 Å². The van der Waals surface area contributed by atoms with Crippen molar-refractivity contribution in [3.8, 4) is 0 Å². The first-order chi connectivity index (χ1) is 13.9. The first-order valence-electron chi connectivity index (χ1n) is 9.44. The van der Waals surface area contributed by atoms with Gasteiger partial charge in [0.1, 0.15) is 27.5 Å². The number of anilines is 2. The highest BCUT2D eigenvalue weighted by molar-refractivity contribution is 7.93. The van der Waals surface area contributed by atoms with Gasteiger partial charge in [0.2, 0.25) is 0 Å². The van der Waals surface area contributed by atoms with Crippen LogP contribution in [-0.2, 0) is 15.4 Å². The summed E-state index contributed by atoms with van der Waals surface area (Å²) in [5.41, 5.74) is 7.10. The third kappa shape index (κ3) is 3.26. The quantitative estimate of drug-likeness (QED) is 0.626. The summed E-state index contributed by atoms with van der Waals surface area (Å²) in [6.07, 6.45) is 0. The van der Waals surface area contributed by atoms with Gasteiger partial charge in [0, 0.05) is 11.3 Å². The largest absolute Gasteiger partial charge is 0.386 e. The highest BCUT2D eigenvalue weighted by Gasteiger charge is 2.49. The molecule has 2 aromatic carbocycles. The maximum Gasteiger partial charge on any atom is 0.165 e. The van der Waals surface area contributed by atoms with Gasteiger partial charge in [0.05, 0.1) is 21.1 Å². The molecule has 3 aromatic rings. The summed E-state index contributed by atoms with van der Waals surface area (Å²) in [6.45, 7) is 6.58. The van der Waals surface area contributed by atoms with Gasteiger partial charge in [0.25, 0.3) is 0 Å². The molecule has 0 fully saturated rings. The summed E-state index contributed by atoms with van der Waals surface area (Å²) in [6, 6.07) is 10.3. The number of thiazole rings is 1. The highest BCUT2D eigenvalue weighted by Crippen LogP contribution is 2.39. The van der Waals surface area contributed by atoms with E-state index in [1.165, 1.54) is 19.9 Å². The summed E-state index contributed by atoms with van der Waals surface area (Å²) in [4.78, 5) is 8.99. The molecule has 158 valence electrons. The molecule has 1 atom stereocenters. The number of hydrogen-bond donors (Lipinski definition) is 2. The van der Waals surface area contributed by atoms with Gasteiger partial charge in [-0.2, -0.15) is 0 Å². The smallest absolute Gasteiger partial charge is 0.165 e. The summed E-state index contributed by atoms with van der Waals surface area (Å²) in [5.74, 6) is -0.872. The number of benzene rings is 2. The zero-order chi connectivity index (χ0) is 21.9. The number of nitrogens with one attached hydrogen (secondary N) is 1. The Balaban J connectivity index is 1.78. The van der Waals surface area contributed by atoms with Crippen LogP contribution in [0.15, 0.2) is 41.4 Å². The fourth-order valence-electron chi connectivity index (χ4n) is 3.61. The maximum absolute atomic E-state index is 14.8. The van der Waals surface area contributed by atoms with Gasteiger partial charge in [-0.1, -0.05) is 6.07 Å². The van der Waals surface area contributed by atoms with E-state index in [4.69, 9.17) is 5.73 Å². The van der Waals surface area contributed by atoms with E-state index >= 15 is 0 Å². The Morgan fingerprint density at radius 3 is 2.63 bits per heavy atom. The standard InChI is InChI=1S/C21H23FN4O2S2/c1-12-24-18-16(6-5-7-17(18)29-12)25-13-8-9-15(22)14(10-13)21(4)11-30(27,28)20(2,3)19(23)26-21/h5-10,25H,11H2,1-4H3,(H2,23,26). The number of nitrogens with two attached hydrogens (primary N) is 1. The minimum atomic E-state index is -3.63. The second-order valence-corrected chi connectivity index (χ2v) is 12.0. The van der Waals surface area contributed by atoms with Gasteiger partial charge in [0.15, 0.2) is 9.84 Å². The Morgan fingerprint density at radius 1 is 1.20 bits per heavy atom. The van der Waals surface area contributed by atoms with Gasteiger partial charge in [-0.25, -0.2) is 17.8 Å². The molecule has 4 rings (SSSR count). The molecule has 0 saturated heterocycles. The minimum Gasteiger partial charge on any atom is -0.386 e. The molecule has 1 aromatic heterocycles. The van der Waals surface area contributed by atoms with Gasteiger partial charge in [-0.3, -0.25) is 4.99 Å². The lowest BCUT2D eigenvalue weighted by Gasteiger charge is -2.38. The van der Waals surface area contributed by atoms with Crippen LogP contribution in [-0.4, -0.2) is 29.7 Å². The van der Waals surface area contributed by atoms with Crippen molar-refractivity contribution in [2.45, 2.75) is 38.0 Å². The molecule has 2 heterocycles. The molecule has 1 aliphatic heterocycles. The van der Waals surface area contributed by atoms with Crippen molar-refractivity contribution in [2.24, 2.45) is 10.7 Å². The average molecular weight is 447 g/mol. The van der Waals surface area contributed by atoms with Gasteiger partial charge in [-0.15, -0.1) is 11.3 Å². The van der Waals surface area contributed by atoms with E-state index in [1.54, 1.807) is 30.4 Å². The Hall–Kier alpha value is -2.52. The lowest BCUT2D eigenvalue weighted by atomic mass is 9.92. The van der Waals surface area contributed by atoms with Crippen LogP contribution < -0.4 is 11.1 Å². The number of amidine groups is 1.